The molecule has 3 aliphatic rings. The molecule has 2 aromatic carbocycles. The van der Waals surface area contributed by atoms with Crippen LogP contribution in [0.25, 0.3) is 0 Å². The molecule has 238 valence electrons. The molecular weight excluding hydrogens is 567 g/mol. The van der Waals surface area contributed by atoms with Crippen molar-refractivity contribution in [1.82, 2.24) is 19.8 Å². The van der Waals surface area contributed by atoms with E-state index in [-0.39, 0.29) is 23.8 Å². The number of aromatic nitrogens is 2. The highest BCUT2D eigenvalue weighted by Crippen LogP contribution is 2.52. The summed E-state index contributed by atoms with van der Waals surface area (Å²) in [6, 6.07) is 17.2. The molecule has 3 atom stereocenters. The van der Waals surface area contributed by atoms with Crippen molar-refractivity contribution in [2.75, 3.05) is 44.7 Å². The lowest BCUT2D eigenvalue weighted by molar-refractivity contribution is 0.00167. The first-order valence-electron chi connectivity index (χ1n) is 16.4. The van der Waals surface area contributed by atoms with Gasteiger partial charge in [-0.05, 0) is 107 Å². The van der Waals surface area contributed by atoms with Crippen LogP contribution in [0.15, 0.2) is 54.7 Å². The van der Waals surface area contributed by atoms with Crippen LogP contribution in [0.3, 0.4) is 0 Å². The van der Waals surface area contributed by atoms with Gasteiger partial charge in [0.1, 0.15) is 17.7 Å². The maximum atomic E-state index is 15.0. The Labute approximate surface area is 266 Å². The summed E-state index contributed by atoms with van der Waals surface area (Å²) in [6.07, 6.45) is 6.18. The average molecular weight is 613 g/mol. The number of anilines is 1. The lowest BCUT2D eigenvalue weighted by Gasteiger charge is -2.51. The van der Waals surface area contributed by atoms with Gasteiger partial charge in [0.25, 0.3) is 0 Å². The zero-order valence-corrected chi connectivity index (χ0v) is 26.7. The zero-order chi connectivity index (χ0) is 31.6. The highest BCUT2D eigenvalue weighted by molar-refractivity contribution is 5.67. The minimum Gasteiger partial charge on any atom is -0.446 e. The van der Waals surface area contributed by atoms with E-state index in [2.05, 4.69) is 38.0 Å². The smallest absolute Gasteiger partial charge is 0.407 e. The number of nitriles is 1. The van der Waals surface area contributed by atoms with Crippen LogP contribution < -0.4 is 10.2 Å². The molecule has 45 heavy (non-hydrogen) atoms. The molecule has 1 aromatic heterocycles. The van der Waals surface area contributed by atoms with Crippen molar-refractivity contribution in [2.24, 2.45) is 17.8 Å². The van der Waals surface area contributed by atoms with Gasteiger partial charge < -0.3 is 24.4 Å². The topological polar surface area (TPSA) is 86.4 Å². The van der Waals surface area contributed by atoms with Crippen molar-refractivity contribution in [3.05, 3.63) is 83.2 Å². The third-order valence-corrected chi connectivity index (χ3v) is 10.6. The second-order valence-corrected chi connectivity index (χ2v) is 13.3. The minimum absolute atomic E-state index is 0.0582. The number of piperidine rings is 1. The van der Waals surface area contributed by atoms with Gasteiger partial charge in [0, 0.05) is 62.4 Å². The van der Waals surface area contributed by atoms with Crippen LogP contribution in [0.1, 0.15) is 54.7 Å². The van der Waals surface area contributed by atoms with Crippen LogP contribution in [-0.2, 0) is 16.7 Å². The van der Waals surface area contributed by atoms with E-state index < -0.39 is 11.5 Å². The van der Waals surface area contributed by atoms with Crippen molar-refractivity contribution in [2.45, 2.75) is 64.0 Å². The molecule has 3 aromatic rings. The third kappa shape index (κ3) is 6.44. The third-order valence-electron chi connectivity index (χ3n) is 10.6. The highest BCUT2D eigenvalue weighted by atomic mass is 19.1. The van der Waals surface area contributed by atoms with Crippen LogP contribution in [-0.4, -0.2) is 66.4 Å². The molecule has 2 saturated heterocycles. The predicted molar refractivity (Wildman–Crippen MR) is 172 cm³/mol. The van der Waals surface area contributed by atoms with Gasteiger partial charge in [-0.25, -0.2) is 14.2 Å². The highest BCUT2D eigenvalue weighted by Gasteiger charge is 2.53. The van der Waals surface area contributed by atoms with E-state index in [9.17, 15) is 4.79 Å². The van der Waals surface area contributed by atoms with E-state index in [0.29, 0.717) is 18.0 Å². The molecule has 3 heterocycles. The van der Waals surface area contributed by atoms with Crippen LogP contribution in [0.2, 0.25) is 0 Å². The number of carbonyl (C=O) groups excluding carboxylic acids is 1. The first-order valence-corrected chi connectivity index (χ1v) is 16.4. The summed E-state index contributed by atoms with van der Waals surface area (Å²) >= 11 is 0. The fourth-order valence-corrected chi connectivity index (χ4v) is 8.47. The largest absolute Gasteiger partial charge is 0.446 e. The van der Waals surface area contributed by atoms with Crippen LogP contribution in [0, 0.1) is 48.7 Å². The molecule has 1 amide bonds. The zero-order valence-electron chi connectivity index (χ0n) is 26.7. The van der Waals surface area contributed by atoms with Gasteiger partial charge in [-0.1, -0.05) is 12.1 Å². The summed E-state index contributed by atoms with van der Waals surface area (Å²) in [4.78, 5) is 22.2. The second kappa shape index (κ2) is 13.2. The summed E-state index contributed by atoms with van der Waals surface area (Å²) in [7, 11) is 1.60. The van der Waals surface area contributed by atoms with Crippen molar-refractivity contribution in [3.8, 4) is 6.07 Å². The lowest BCUT2D eigenvalue weighted by atomic mass is 9.58. The van der Waals surface area contributed by atoms with Crippen molar-refractivity contribution >= 4 is 11.8 Å². The molecule has 1 saturated carbocycles. The Morgan fingerprint density at radius 2 is 1.87 bits per heavy atom. The van der Waals surface area contributed by atoms with E-state index in [0.717, 1.165) is 81.9 Å². The molecule has 1 aliphatic carbocycles. The standard InChI is InChI=1S/C36H45FN6O2/c1-25-20-43(26(2)40-25)24-36(30-6-4-7-31(37)18-30,33-8-5-9-34(33)45-35(44)39-3)29-14-16-41(17-15-29)21-28-22-42(23-28)32-12-10-27(19-38)11-13-32/h4,6-7,10-13,18,20,28-29,33-34H,5,8-9,14-17,21-24H2,1-3H3,(H,39,44)/t33-,34-,36+/m0/s1. The van der Waals surface area contributed by atoms with Crippen LogP contribution in [0.5, 0.6) is 0 Å². The molecular formula is C36H45FN6O2. The van der Waals surface area contributed by atoms with Gasteiger partial charge in [-0.2, -0.15) is 5.26 Å². The van der Waals surface area contributed by atoms with Crippen molar-refractivity contribution in [1.29, 1.82) is 5.26 Å². The van der Waals surface area contributed by atoms with E-state index in [1.807, 2.05) is 44.2 Å². The Balaban J connectivity index is 1.24. The monoisotopic (exact) mass is 612 g/mol. The molecule has 0 unspecified atom stereocenters. The fraction of sp³-hybridized carbons (Fsp3) is 0.528. The summed E-state index contributed by atoms with van der Waals surface area (Å²) < 4.78 is 23.3. The number of carbonyl (C=O) groups is 1. The number of likely N-dealkylation sites (tertiary alicyclic amines) is 1. The number of halogens is 1. The molecule has 0 spiro atoms. The van der Waals surface area contributed by atoms with E-state index >= 15 is 4.39 Å². The minimum atomic E-state index is -0.426. The maximum absolute atomic E-state index is 15.0. The number of nitrogens with zero attached hydrogens (tertiary/aromatic N) is 5. The van der Waals surface area contributed by atoms with Crippen LogP contribution in [0.4, 0.5) is 14.9 Å². The number of ether oxygens (including phenoxy) is 1. The number of benzene rings is 2. The Morgan fingerprint density at radius 1 is 1.11 bits per heavy atom. The second-order valence-electron chi connectivity index (χ2n) is 13.3. The number of aryl methyl sites for hydroxylation is 2. The number of alkyl carbamates (subject to hydrolysis) is 1. The molecule has 6 rings (SSSR count). The molecule has 1 N–H and O–H groups in total. The Morgan fingerprint density at radius 3 is 2.51 bits per heavy atom. The Hall–Kier alpha value is -3.90. The number of amides is 1. The van der Waals surface area contributed by atoms with Gasteiger partial charge in [0.15, 0.2) is 0 Å². The quantitative estimate of drug-likeness (QED) is 0.328. The van der Waals surface area contributed by atoms with E-state index in [1.54, 1.807) is 13.1 Å². The molecule has 9 heteroatoms. The Bertz CT molecular complexity index is 1520. The average Bonchev–Trinajstić information content (AvgIpc) is 3.62. The van der Waals surface area contributed by atoms with Crippen molar-refractivity contribution < 1.29 is 13.9 Å². The van der Waals surface area contributed by atoms with Gasteiger partial charge in [0.2, 0.25) is 0 Å². The maximum Gasteiger partial charge on any atom is 0.407 e. The summed E-state index contributed by atoms with van der Waals surface area (Å²) in [6.45, 7) is 9.83. The number of hydrogen-bond donors (Lipinski definition) is 1. The number of rotatable bonds is 9. The fourth-order valence-electron chi connectivity index (χ4n) is 8.47. The number of hydrogen-bond acceptors (Lipinski definition) is 6. The van der Waals surface area contributed by atoms with E-state index in [1.165, 1.54) is 11.8 Å². The Kier molecular flexibility index (Phi) is 9.14. The normalized spacial score (nSPS) is 22.4. The van der Waals surface area contributed by atoms with Crippen molar-refractivity contribution in [3.63, 3.8) is 0 Å². The first-order chi connectivity index (χ1) is 21.8. The van der Waals surface area contributed by atoms with Gasteiger partial charge in [0.05, 0.1) is 17.3 Å². The number of nitrogens with one attached hydrogen (secondary N) is 1. The molecule has 0 radical (unpaired) electrons. The number of imidazole rings is 1. The summed E-state index contributed by atoms with van der Waals surface area (Å²) in [5.74, 6) is 1.67. The van der Waals surface area contributed by atoms with Gasteiger partial charge in [-0.3, -0.25) is 0 Å². The molecule has 8 nitrogen and oxygen atoms in total. The van der Waals surface area contributed by atoms with E-state index in [4.69, 9.17) is 15.0 Å². The SMILES string of the molecule is CNC(=O)O[C@H]1CCC[C@@H]1[C@@](Cn1cc(C)nc1C)(c1cccc(F)c1)C1CCN(CC2CN(c3ccc(C#N)cc3)C2)CC1. The van der Waals surface area contributed by atoms with Gasteiger partial charge >= 0.3 is 6.09 Å². The lowest BCUT2D eigenvalue weighted by Crippen LogP contribution is -2.55. The van der Waals surface area contributed by atoms with Crippen LogP contribution >= 0.6 is 0 Å². The summed E-state index contributed by atoms with van der Waals surface area (Å²) in [5, 5.41) is 11.8. The first kappa shape index (κ1) is 31.1. The summed E-state index contributed by atoms with van der Waals surface area (Å²) in [5.41, 5.74) is 3.41. The van der Waals surface area contributed by atoms with Gasteiger partial charge in [-0.15, -0.1) is 0 Å². The molecule has 0 bridgehead atoms. The molecule has 3 fully saturated rings. The molecule has 2 aliphatic heterocycles. The predicted octanol–water partition coefficient (Wildman–Crippen LogP) is 5.82.